The predicted octanol–water partition coefficient (Wildman–Crippen LogP) is 0.439. The molecule has 1 heterocycles. The molecule has 0 aromatic carbocycles. The molecule has 0 spiro atoms. The maximum absolute atomic E-state index is 12.0. The summed E-state index contributed by atoms with van der Waals surface area (Å²) in [7, 11) is -1.62. The van der Waals surface area contributed by atoms with Crippen LogP contribution in [0.1, 0.15) is 18.5 Å². The first-order valence-electron chi connectivity index (χ1n) is 6.51. The normalized spacial score (nSPS) is 15.8. The van der Waals surface area contributed by atoms with E-state index >= 15 is 0 Å². The zero-order chi connectivity index (χ0) is 13.7. The first-order valence-corrected chi connectivity index (χ1v) is 7.99. The summed E-state index contributed by atoms with van der Waals surface area (Å²) in [5.74, 6) is 0.699. The topological polar surface area (TPSA) is 83.2 Å². The van der Waals surface area contributed by atoms with E-state index in [1.807, 2.05) is 7.05 Å². The molecule has 6 nitrogen and oxygen atoms in total. The van der Waals surface area contributed by atoms with Crippen LogP contribution < -0.4 is 10.0 Å². The minimum atomic E-state index is -3.43. The van der Waals surface area contributed by atoms with Crippen molar-refractivity contribution in [1.29, 1.82) is 0 Å². The molecule has 0 unspecified atom stereocenters. The van der Waals surface area contributed by atoms with Gasteiger partial charge in [0, 0.05) is 31.6 Å². The van der Waals surface area contributed by atoms with Crippen LogP contribution >= 0.6 is 0 Å². The summed E-state index contributed by atoms with van der Waals surface area (Å²) < 4.78 is 31.8. The van der Waals surface area contributed by atoms with E-state index < -0.39 is 10.0 Å². The van der Waals surface area contributed by atoms with Crippen LogP contribution in [0.5, 0.6) is 0 Å². The molecule has 0 aliphatic heterocycles. The molecule has 7 heteroatoms. The van der Waals surface area contributed by atoms with E-state index in [0.717, 1.165) is 12.3 Å². The van der Waals surface area contributed by atoms with E-state index in [9.17, 15) is 8.42 Å². The fourth-order valence-electron chi connectivity index (χ4n) is 1.73. The van der Waals surface area contributed by atoms with Gasteiger partial charge >= 0.3 is 0 Å². The Morgan fingerprint density at radius 1 is 1.47 bits per heavy atom. The van der Waals surface area contributed by atoms with Crippen molar-refractivity contribution in [2.24, 2.45) is 5.92 Å². The minimum absolute atomic E-state index is 0.264. The second-order valence-electron chi connectivity index (χ2n) is 4.81. The van der Waals surface area contributed by atoms with Crippen molar-refractivity contribution in [3.05, 3.63) is 18.0 Å². The Morgan fingerprint density at radius 3 is 2.95 bits per heavy atom. The summed E-state index contributed by atoms with van der Waals surface area (Å²) in [6.45, 7) is 2.09. The van der Waals surface area contributed by atoms with Crippen molar-refractivity contribution in [2.75, 3.05) is 26.8 Å². The van der Waals surface area contributed by atoms with Gasteiger partial charge in [-0.05, 0) is 31.9 Å². The highest BCUT2D eigenvalue weighted by Gasteiger charge is 2.21. The summed E-state index contributed by atoms with van der Waals surface area (Å²) >= 11 is 0. The van der Waals surface area contributed by atoms with Crippen molar-refractivity contribution in [3.8, 4) is 0 Å². The standard InChI is InChI=1S/C12H21N3O3S/c1-13-7-11-6-12(8-14-11)19(16,17)15-4-5-18-9-10-2-3-10/h6,8,10,13-15H,2-5,7,9H2,1H3. The first kappa shape index (κ1) is 14.5. The lowest BCUT2D eigenvalue weighted by atomic mass is 10.4. The number of hydrogen-bond acceptors (Lipinski definition) is 4. The molecule has 0 radical (unpaired) electrons. The average molecular weight is 287 g/mol. The Hall–Kier alpha value is -0.890. The van der Waals surface area contributed by atoms with E-state index in [2.05, 4.69) is 15.0 Å². The molecule has 0 amide bonds. The minimum Gasteiger partial charge on any atom is -0.380 e. The second kappa shape index (κ2) is 6.51. The van der Waals surface area contributed by atoms with E-state index in [1.165, 1.54) is 19.0 Å². The van der Waals surface area contributed by atoms with E-state index in [4.69, 9.17) is 4.74 Å². The molecule has 1 fully saturated rings. The average Bonchev–Trinajstić information content (AvgIpc) is 3.06. The number of ether oxygens (including phenoxy) is 1. The highest BCUT2D eigenvalue weighted by molar-refractivity contribution is 7.89. The molecular weight excluding hydrogens is 266 g/mol. The molecule has 1 aliphatic carbocycles. The van der Waals surface area contributed by atoms with Gasteiger partial charge in [-0.1, -0.05) is 0 Å². The third-order valence-electron chi connectivity index (χ3n) is 2.98. The van der Waals surface area contributed by atoms with Gasteiger partial charge in [0.05, 0.1) is 11.5 Å². The van der Waals surface area contributed by atoms with E-state index in [1.54, 1.807) is 6.07 Å². The largest absolute Gasteiger partial charge is 0.380 e. The van der Waals surface area contributed by atoms with Gasteiger partial charge in [-0.3, -0.25) is 0 Å². The first-order chi connectivity index (χ1) is 9.12. The fraction of sp³-hybridized carbons (Fsp3) is 0.667. The Kier molecular flexibility index (Phi) is 4.98. The van der Waals surface area contributed by atoms with Crippen LogP contribution in [0.2, 0.25) is 0 Å². The molecule has 19 heavy (non-hydrogen) atoms. The molecule has 2 rings (SSSR count). The fourth-order valence-corrected chi connectivity index (χ4v) is 2.76. The Labute approximate surface area is 114 Å². The third-order valence-corrected chi connectivity index (χ3v) is 4.42. The molecule has 108 valence electrons. The van der Waals surface area contributed by atoms with E-state index in [-0.39, 0.29) is 4.90 Å². The maximum atomic E-state index is 12.0. The van der Waals surface area contributed by atoms with Crippen LogP contribution in [-0.2, 0) is 21.3 Å². The van der Waals surface area contributed by atoms with Crippen LogP contribution in [-0.4, -0.2) is 40.2 Å². The van der Waals surface area contributed by atoms with Gasteiger partial charge in [0.25, 0.3) is 0 Å². The maximum Gasteiger partial charge on any atom is 0.242 e. The number of nitrogens with one attached hydrogen (secondary N) is 3. The number of aromatic amines is 1. The van der Waals surface area contributed by atoms with Crippen LogP contribution in [0.4, 0.5) is 0 Å². The molecular formula is C12H21N3O3S. The van der Waals surface area contributed by atoms with Crippen molar-refractivity contribution < 1.29 is 13.2 Å². The molecule has 1 aromatic rings. The monoisotopic (exact) mass is 287 g/mol. The summed E-state index contributed by atoms with van der Waals surface area (Å²) in [5, 5.41) is 2.96. The van der Waals surface area contributed by atoms with Crippen LogP contribution in [0.3, 0.4) is 0 Å². The van der Waals surface area contributed by atoms with Crippen molar-refractivity contribution in [3.63, 3.8) is 0 Å². The number of sulfonamides is 1. The van der Waals surface area contributed by atoms with Gasteiger partial charge in [-0.2, -0.15) is 0 Å². The highest BCUT2D eigenvalue weighted by atomic mass is 32.2. The van der Waals surface area contributed by atoms with Crippen molar-refractivity contribution in [1.82, 2.24) is 15.0 Å². The summed E-state index contributed by atoms with van der Waals surface area (Å²) in [6.07, 6.45) is 3.98. The molecule has 3 N–H and O–H groups in total. The lowest BCUT2D eigenvalue weighted by molar-refractivity contribution is 0.129. The zero-order valence-corrected chi connectivity index (χ0v) is 11.9. The lowest BCUT2D eigenvalue weighted by Gasteiger charge is -2.05. The van der Waals surface area contributed by atoms with E-state index in [0.29, 0.717) is 25.6 Å². The molecule has 1 aromatic heterocycles. The summed E-state index contributed by atoms with van der Waals surface area (Å²) in [4.78, 5) is 3.19. The van der Waals surface area contributed by atoms with Crippen LogP contribution in [0.25, 0.3) is 0 Å². The second-order valence-corrected chi connectivity index (χ2v) is 6.57. The van der Waals surface area contributed by atoms with Crippen molar-refractivity contribution in [2.45, 2.75) is 24.3 Å². The Bertz CT molecular complexity index is 494. The van der Waals surface area contributed by atoms with Crippen LogP contribution in [0, 0.1) is 5.92 Å². The number of hydrogen-bond donors (Lipinski definition) is 3. The number of aromatic nitrogens is 1. The van der Waals surface area contributed by atoms with Gasteiger partial charge in [0.15, 0.2) is 0 Å². The van der Waals surface area contributed by atoms with Gasteiger partial charge in [0.2, 0.25) is 10.0 Å². The van der Waals surface area contributed by atoms with Gasteiger partial charge in [-0.15, -0.1) is 0 Å². The predicted molar refractivity (Wildman–Crippen MR) is 72.3 cm³/mol. The summed E-state index contributed by atoms with van der Waals surface area (Å²) in [5.41, 5.74) is 0.841. The summed E-state index contributed by atoms with van der Waals surface area (Å²) in [6, 6.07) is 1.63. The van der Waals surface area contributed by atoms with Gasteiger partial charge in [0.1, 0.15) is 0 Å². The van der Waals surface area contributed by atoms with Gasteiger partial charge < -0.3 is 15.0 Å². The lowest BCUT2D eigenvalue weighted by Crippen LogP contribution is -2.27. The molecule has 0 bridgehead atoms. The molecule has 0 saturated heterocycles. The molecule has 1 aliphatic rings. The SMILES string of the molecule is CNCc1cc(S(=O)(=O)NCCOCC2CC2)c[nH]1. The Balaban J connectivity index is 1.75. The van der Waals surface area contributed by atoms with Gasteiger partial charge in [-0.25, -0.2) is 13.1 Å². The highest BCUT2D eigenvalue weighted by Crippen LogP contribution is 2.28. The third kappa shape index (κ3) is 4.61. The molecule has 0 atom stereocenters. The molecule has 1 saturated carbocycles. The quantitative estimate of drug-likeness (QED) is 0.576. The number of H-pyrrole nitrogens is 1. The Morgan fingerprint density at radius 2 is 2.26 bits per heavy atom. The smallest absolute Gasteiger partial charge is 0.242 e. The number of rotatable bonds is 9. The van der Waals surface area contributed by atoms with Crippen molar-refractivity contribution >= 4 is 10.0 Å². The zero-order valence-electron chi connectivity index (χ0n) is 11.1. The van der Waals surface area contributed by atoms with Crippen LogP contribution in [0.15, 0.2) is 17.2 Å².